The first kappa shape index (κ1) is 25.1. The van der Waals surface area contributed by atoms with Gasteiger partial charge in [-0.2, -0.15) is 0 Å². The number of hydrogen-bond acceptors (Lipinski definition) is 4. The van der Waals surface area contributed by atoms with Crippen LogP contribution in [0.1, 0.15) is 16.7 Å². The third-order valence-electron chi connectivity index (χ3n) is 5.14. The number of ether oxygens (including phenoxy) is 1. The second-order valence-corrected chi connectivity index (χ2v) is 9.28. The predicted molar refractivity (Wildman–Crippen MR) is 137 cm³/mol. The van der Waals surface area contributed by atoms with Gasteiger partial charge in [-0.05, 0) is 66.1 Å². The molecule has 0 saturated carbocycles. The Labute approximate surface area is 221 Å². The maximum Gasteiger partial charge on any atom is 0.335 e. The van der Waals surface area contributed by atoms with Gasteiger partial charge in [0, 0.05) is 10.0 Å². The van der Waals surface area contributed by atoms with E-state index in [1.807, 2.05) is 12.1 Å². The van der Waals surface area contributed by atoms with Crippen LogP contribution in [0.5, 0.6) is 5.75 Å². The number of hydrogen-bond donors (Lipinski definition) is 1. The summed E-state index contributed by atoms with van der Waals surface area (Å²) >= 11 is 24.8. The minimum atomic E-state index is -0.876. The third-order valence-corrected chi connectivity index (χ3v) is 6.36. The summed E-state index contributed by atoms with van der Waals surface area (Å²) < 4.78 is 5.75. The normalized spacial score (nSPS) is 14.9. The summed E-state index contributed by atoms with van der Waals surface area (Å²) in [6.45, 7) is 1.99. The van der Waals surface area contributed by atoms with Gasteiger partial charge in [-0.1, -0.05) is 64.6 Å². The van der Waals surface area contributed by atoms with Crippen LogP contribution >= 0.6 is 46.4 Å². The van der Waals surface area contributed by atoms with Crippen molar-refractivity contribution in [3.8, 4) is 5.75 Å². The molecule has 3 aromatic rings. The van der Waals surface area contributed by atoms with Crippen molar-refractivity contribution in [2.45, 2.75) is 13.5 Å². The molecule has 3 aromatic carbocycles. The van der Waals surface area contributed by atoms with Crippen LogP contribution in [0.15, 0.2) is 60.2 Å². The van der Waals surface area contributed by atoms with Crippen molar-refractivity contribution in [3.05, 3.63) is 97.0 Å². The summed E-state index contributed by atoms with van der Waals surface area (Å²) in [7, 11) is 0. The Kier molecular flexibility index (Phi) is 7.38. The van der Waals surface area contributed by atoms with Crippen molar-refractivity contribution in [3.63, 3.8) is 0 Å². The maximum atomic E-state index is 13.1. The number of carbonyl (C=O) groups excluding carboxylic acids is 3. The van der Waals surface area contributed by atoms with E-state index in [1.54, 1.807) is 31.2 Å². The average molecular weight is 550 g/mol. The van der Waals surface area contributed by atoms with E-state index in [0.717, 1.165) is 16.0 Å². The summed E-state index contributed by atoms with van der Waals surface area (Å²) in [5.41, 5.74) is 1.95. The minimum absolute atomic E-state index is 0.181. The van der Waals surface area contributed by atoms with E-state index >= 15 is 0 Å². The van der Waals surface area contributed by atoms with Crippen molar-refractivity contribution < 1.29 is 19.1 Å². The van der Waals surface area contributed by atoms with Gasteiger partial charge < -0.3 is 4.74 Å². The van der Waals surface area contributed by atoms with Crippen LogP contribution in [0.4, 0.5) is 10.5 Å². The lowest BCUT2D eigenvalue weighted by atomic mass is 10.1. The minimum Gasteiger partial charge on any atom is -0.486 e. The topological polar surface area (TPSA) is 75.7 Å². The van der Waals surface area contributed by atoms with Crippen molar-refractivity contribution in [2.75, 3.05) is 4.90 Å². The molecule has 0 atom stereocenters. The zero-order valence-electron chi connectivity index (χ0n) is 18.1. The molecule has 0 aliphatic carbocycles. The number of amides is 4. The van der Waals surface area contributed by atoms with Crippen molar-refractivity contribution in [2.24, 2.45) is 0 Å². The number of rotatable bonds is 5. The lowest BCUT2D eigenvalue weighted by Crippen LogP contribution is -2.54. The molecule has 1 aliphatic rings. The van der Waals surface area contributed by atoms with E-state index in [1.165, 1.54) is 24.3 Å². The molecule has 1 aliphatic heterocycles. The first-order valence-corrected chi connectivity index (χ1v) is 11.7. The molecule has 178 valence electrons. The van der Waals surface area contributed by atoms with Gasteiger partial charge >= 0.3 is 6.03 Å². The molecule has 1 saturated heterocycles. The fourth-order valence-corrected chi connectivity index (χ4v) is 4.23. The highest BCUT2D eigenvalue weighted by Gasteiger charge is 2.37. The number of aryl methyl sites for hydroxylation is 1. The van der Waals surface area contributed by atoms with Crippen molar-refractivity contribution in [1.82, 2.24) is 5.32 Å². The van der Waals surface area contributed by atoms with E-state index in [2.05, 4.69) is 5.32 Å². The molecule has 0 spiro atoms. The molecule has 6 nitrogen and oxygen atoms in total. The Balaban J connectivity index is 1.61. The standard InChI is InChI=1S/C25H16Cl4N2O4/c1-13-2-7-17(11-19(13)27)31-24(33)18(23(32)30-25(31)34)8-15-9-20(28)22(21(29)10-15)35-12-14-3-5-16(26)6-4-14/h2-11H,12H2,1H3,(H,30,32,34)/b18-8-. The molecular formula is C25H16Cl4N2O4. The fourth-order valence-electron chi connectivity index (χ4n) is 3.32. The SMILES string of the molecule is Cc1ccc(N2C(=O)NC(=O)/C(=C/c3cc(Cl)c(OCc4ccc(Cl)cc4)c(Cl)c3)C2=O)cc1Cl. The van der Waals surface area contributed by atoms with Crippen molar-refractivity contribution in [1.29, 1.82) is 0 Å². The predicted octanol–water partition coefficient (Wildman–Crippen LogP) is 6.85. The monoisotopic (exact) mass is 548 g/mol. The Morgan fingerprint density at radius 3 is 2.17 bits per heavy atom. The lowest BCUT2D eigenvalue weighted by Gasteiger charge is -2.26. The summed E-state index contributed by atoms with van der Waals surface area (Å²) in [4.78, 5) is 38.8. The van der Waals surface area contributed by atoms with Gasteiger partial charge in [0.15, 0.2) is 5.75 Å². The fraction of sp³-hybridized carbons (Fsp3) is 0.0800. The van der Waals surface area contributed by atoms with E-state index in [4.69, 9.17) is 51.1 Å². The van der Waals surface area contributed by atoms with Gasteiger partial charge in [-0.15, -0.1) is 0 Å². The van der Waals surface area contributed by atoms with E-state index in [9.17, 15) is 14.4 Å². The molecule has 1 N–H and O–H groups in total. The Hall–Kier alpha value is -3.03. The molecule has 1 heterocycles. The highest BCUT2D eigenvalue weighted by molar-refractivity contribution is 6.40. The van der Waals surface area contributed by atoms with Gasteiger partial charge in [0.1, 0.15) is 12.2 Å². The second-order valence-electron chi connectivity index (χ2n) is 7.62. The summed E-state index contributed by atoms with van der Waals surface area (Å²) in [5, 5.41) is 3.50. The van der Waals surface area contributed by atoms with Crippen LogP contribution in [-0.4, -0.2) is 17.8 Å². The third kappa shape index (κ3) is 5.46. The van der Waals surface area contributed by atoms with Crippen molar-refractivity contribution >= 4 is 76.0 Å². The van der Waals surface area contributed by atoms with Crippen LogP contribution in [0.2, 0.25) is 20.1 Å². The van der Waals surface area contributed by atoms with E-state index in [0.29, 0.717) is 15.6 Å². The van der Waals surface area contributed by atoms with E-state index < -0.39 is 17.8 Å². The van der Waals surface area contributed by atoms with E-state index in [-0.39, 0.29) is 33.7 Å². The maximum absolute atomic E-state index is 13.1. The molecule has 1 fully saturated rings. The molecule has 0 radical (unpaired) electrons. The first-order chi connectivity index (χ1) is 16.6. The number of imide groups is 2. The number of carbonyl (C=O) groups is 3. The molecule has 35 heavy (non-hydrogen) atoms. The smallest absolute Gasteiger partial charge is 0.335 e. The molecule has 0 bridgehead atoms. The van der Waals surface area contributed by atoms with Crippen LogP contribution in [0, 0.1) is 6.92 Å². The number of barbiturate groups is 1. The highest BCUT2D eigenvalue weighted by Crippen LogP contribution is 2.36. The van der Waals surface area contributed by atoms with Crippen LogP contribution < -0.4 is 15.0 Å². The quantitative estimate of drug-likeness (QED) is 0.279. The summed E-state index contributed by atoms with van der Waals surface area (Å²) in [6, 6.07) is 13.9. The molecule has 4 rings (SSSR count). The molecule has 0 unspecified atom stereocenters. The molecule has 4 amide bonds. The van der Waals surface area contributed by atoms with Crippen LogP contribution in [0.3, 0.4) is 0 Å². The number of urea groups is 1. The average Bonchev–Trinajstić information content (AvgIpc) is 2.79. The van der Waals surface area contributed by atoms with Crippen LogP contribution in [0.25, 0.3) is 6.08 Å². The number of anilines is 1. The highest BCUT2D eigenvalue weighted by atomic mass is 35.5. The number of nitrogens with zero attached hydrogens (tertiary/aromatic N) is 1. The summed E-state index contributed by atoms with van der Waals surface area (Å²) in [6.07, 6.45) is 1.30. The molecular weight excluding hydrogens is 534 g/mol. The number of nitrogens with one attached hydrogen (secondary N) is 1. The summed E-state index contributed by atoms with van der Waals surface area (Å²) in [5.74, 6) is -1.41. The van der Waals surface area contributed by atoms with Gasteiger partial charge in [0.05, 0.1) is 15.7 Å². The number of halogens is 4. The zero-order chi connectivity index (χ0) is 25.3. The Morgan fingerprint density at radius 2 is 1.54 bits per heavy atom. The molecule has 10 heteroatoms. The number of benzene rings is 3. The van der Waals surface area contributed by atoms with Gasteiger partial charge in [0.2, 0.25) is 0 Å². The zero-order valence-corrected chi connectivity index (χ0v) is 21.1. The Bertz CT molecular complexity index is 1360. The van der Waals surface area contributed by atoms with Gasteiger partial charge in [-0.3, -0.25) is 14.9 Å². The van der Waals surface area contributed by atoms with Crippen LogP contribution in [-0.2, 0) is 16.2 Å². The second kappa shape index (κ2) is 10.3. The first-order valence-electron chi connectivity index (χ1n) is 10.2. The Morgan fingerprint density at radius 1 is 0.886 bits per heavy atom. The lowest BCUT2D eigenvalue weighted by molar-refractivity contribution is -0.122. The largest absolute Gasteiger partial charge is 0.486 e. The molecule has 0 aromatic heterocycles. The van der Waals surface area contributed by atoms with Gasteiger partial charge in [0.25, 0.3) is 11.8 Å². The van der Waals surface area contributed by atoms with Gasteiger partial charge in [-0.25, -0.2) is 9.69 Å².